The van der Waals surface area contributed by atoms with Crippen LogP contribution in [0.2, 0.25) is 0 Å². The van der Waals surface area contributed by atoms with Crippen molar-refractivity contribution in [3.63, 3.8) is 0 Å². The van der Waals surface area contributed by atoms with Gasteiger partial charge in [0.25, 0.3) is 0 Å². The van der Waals surface area contributed by atoms with Crippen molar-refractivity contribution in [3.8, 4) is 0 Å². The van der Waals surface area contributed by atoms with Crippen LogP contribution < -0.4 is 10.6 Å². The van der Waals surface area contributed by atoms with Crippen molar-refractivity contribution in [2.45, 2.75) is 63.1 Å². The minimum Gasteiger partial charge on any atom is -0.385 e. The molecule has 0 saturated heterocycles. The van der Waals surface area contributed by atoms with Gasteiger partial charge in [-0.1, -0.05) is 24.6 Å². The number of nitrogens with zero attached hydrogens (tertiary/aromatic N) is 4. The number of methoxy groups -OCH3 is 1. The summed E-state index contributed by atoms with van der Waals surface area (Å²) in [5.74, 6) is 2.00. The van der Waals surface area contributed by atoms with Crippen molar-refractivity contribution in [2.75, 3.05) is 39.6 Å². The molecule has 9 heteroatoms. The summed E-state index contributed by atoms with van der Waals surface area (Å²) in [4.78, 5) is 4.67. The van der Waals surface area contributed by atoms with Crippen LogP contribution >= 0.6 is 35.7 Å². The van der Waals surface area contributed by atoms with Crippen molar-refractivity contribution < 1.29 is 4.74 Å². The Hall–Kier alpha value is -0.550. The van der Waals surface area contributed by atoms with Gasteiger partial charge in [0.05, 0.1) is 0 Å². The number of ether oxygens (including phenoxy) is 1. The number of hydrogen-bond donors (Lipinski definition) is 2. The van der Waals surface area contributed by atoms with Gasteiger partial charge in [-0.2, -0.15) is 0 Å². The van der Waals surface area contributed by atoms with Crippen LogP contribution in [-0.2, 0) is 11.2 Å². The van der Waals surface area contributed by atoms with Crippen LogP contribution in [-0.4, -0.2) is 60.3 Å². The molecule has 0 amide bonds. The highest BCUT2D eigenvalue weighted by molar-refractivity contribution is 14.0. The molecule has 1 aliphatic carbocycles. The van der Waals surface area contributed by atoms with E-state index >= 15 is 0 Å². The van der Waals surface area contributed by atoms with Crippen LogP contribution in [0.5, 0.6) is 0 Å². The van der Waals surface area contributed by atoms with Crippen LogP contribution in [0.25, 0.3) is 0 Å². The van der Waals surface area contributed by atoms with Gasteiger partial charge in [-0.25, -0.2) is 0 Å². The van der Waals surface area contributed by atoms with Crippen molar-refractivity contribution in [3.05, 3.63) is 5.82 Å². The topological polar surface area (TPSA) is 76.4 Å². The zero-order valence-electron chi connectivity index (χ0n) is 16.9. The Bertz CT molecular complexity index is 548. The molecule has 1 fully saturated rings. The molecule has 0 unspecified atom stereocenters. The molecule has 2 rings (SSSR count). The fraction of sp³-hybridized carbons (Fsp3) is 0.833. The number of rotatable bonds is 11. The Balaban J connectivity index is 0.00000364. The van der Waals surface area contributed by atoms with E-state index in [1.165, 1.54) is 25.7 Å². The lowest BCUT2D eigenvalue weighted by atomic mass is 10.2. The molecule has 0 aliphatic heterocycles. The Kier molecular flexibility index (Phi) is 13.1. The van der Waals surface area contributed by atoms with E-state index < -0.39 is 0 Å². The molecule has 0 atom stereocenters. The lowest BCUT2D eigenvalue weighted by Crippen LogP contribution is -2.38. The van der Waals surface area contributed by atoms with E-state index in [1.54, 1.807) is 18.9 Å². The largest absolute Gasteiger partial charge is 0.385 e. The zero-order chi connectivity index (χ0) is 18.6. The molecule has 1 aliphatic rings. The average Bonchev–Trinajstić information content (AvgIpc) is 3.31. The highest BCUT2D eigenvalue weighted by Crippen LogP contribution is 2.33. The van der Waals surface area contributed by atoms with Crippen molar-refractivity contribution in [1.82, 2.24) is 25.4 Å². The predicted octanol–water partition coefficient (Wildman–Crippen LogP) is 3.26. The second kappa shape index (κ2) is 14.4. The second-order valence-corrected chi connectivity index (χ2v) is 7.32. The van der Waals surface area contributed by atoms with Crippen molar-refractivity contribution >= 4 is 41.7 Å². The fourth-order valence-corrected chi connectivity index (χ4v) is 3.91. The monoisotopic (exact) mass is 510 g/mol. The number of aromatic nitrogens is 3. The van der Waals surface area contributed by atoms with E-state index in [-0.39, 0.29) is 24.0 Å². The number of thioether (sulfide) groups is 1. The van der Waals surface area contributed by atoms with E-state index in [1.807, 2.05) is 0 Å². The Morgan fingerprint density at radius 1 is 1.26 bits per heavy atom. The quantitative estimate of drug-likeness (QED) is 0.157. The number of guanidine groups is 1. The van der Waals surface area contributed by atoms with Crippen LogP contribution in [0.1, 0.15) is 57.3 Å². The third-order valence-corrected chi connectivity index (χ3v) is 5.24. The van der Waals surface area contributed by atoms with E-state index in [4.69, 9.17) is 4.74 Å². The lowest BCUT2D eigenvalue weighted by molar-refractivity contribution is 0.195. The number of aryl methyl sites for hydroxylation is 1. The van der Waals surface area contributed by atoms with Crippen LogP contribution in [0.3, 0.4) is 0 Å². The third-order valence-electron chi connectivity index (χ3n) is 4.60. The van der Waals surface area contributed by atoms with E-state index in [0.717, 1.165) is 62.4 Å². The summed E-state index contributed by atoms with van der Waals surface area (Å²) < 4.78 is 7.46. The maximum absolute atomic E-state index is 5.08. The predicted molar refractivity (Wildman–Crippen MR) is 124 cm³/mol. The fourth-order valence-electron chi connectivity index (χ4n) is 3.34. The first-order valence-corrected chi connectivity index (χ1v) is 11.0. The van der Waals surface area contributed by atoms with Crippen LogP contribution in [0, 0.1) is 0 Å². The number of hydrogen-bond acceptors (Lipinski definition) is 5. The summed E-state index contributed by atoms with van der Waals surface area (Å²) in [6, 6.07) is 0.589. The Labute approximate surface area is 184 Å². The molecule has 1 aromatic heterocycles. The molecule has 7 nitrogen and oxygen atoms in total. The molecular weight excluding hydrogens is 475 g/mol. The van der Waals surface area contributed by atoms with Gasteiger partial charge in [-0.15, -0.1) is 34.2 Å². The van der Waals surface area contributed by atoms with Gasteiger partial charge in [0.1, 0.15) is 5.82 Å². The van der Waals surface area contributed by atoms with Crippen molar-refractivity contribution in [2.24, 2.45) is 4.99 Å². The first kappa shape index (κ1) is 24.5. The molecule has 1 heterocycles. The van der Waals surface area contributed by atoms with Gasteiger partial charge in [0, 0.05) is 45.8 Å². The zero-order valence-corrected chi connectivity index (χ0v) is 20.0. The highest BCUT2D eigenvalue weighted by atomic mass is 127. The summed E-state index contributed by atoms with van der Waals surface area (Å²) in [6.07, 6.45) is 10.1. The van der Waals surface area contributed by atoms with Gasteiger partial charge in [-0.05, 0) is 38.9 Å². The van der Waals surface area contributed by atoms with E-state index in [2.05, 4.69) is 43.6 Å². The van der Waals surface area contributed by atoms with Crippen LogP contribution in [0.4, 0.5) is 0 Å². The summed E-state index contributed by atoms with van der Waals surface area (Å²) >= 11 is 1.70. The minimum atomic E-state index is 0. The molecule has 0 aromatic carbocycles. The summed E-state index contributed by atoms with van der Waals surface area (Å²) in [5.41, 5.74) is 0. The molecule has 0 radical (unpaired) electrons. The average molecular weight is 510 g/mol. The van der Waals surface area contributed by atoms with Gasteiger partial charge in [0.15, 0.2) is 11.1 Å². The summed E-state index contributed by atoms with van der Waals surface area (Å²) in [5, 5.41) is 16.5. The van der Waals surface area contributed by atoms with Gasteiger partial charge >= 0.3 is 0 Å². The lowest BCUT2D eigenvalue weighted by Gasteiger charge is -2.16. The first-order chi connectivity index (χ1) is 12.8. The van der Waals surface area contributed by atoms with Crippen molar-refractivity contribution in [1.29, 1.82) is 0 Å². The number of aliphatic imine (C=N–C) groups is 1. The molecule has 2 N–H and O–H groups in total. The second-order valence-electron chi connectivity index (χ2n) is 6.55. The number of halogens is 1. The maximum atomic E-state index is 5.08. The van der Waals surface area contributed by atoms with Crippen LogP contribution in [0.15, 0.2) is 10.1 Å². The molecule has 1 aromatic rings. The SMILES string of the molecule is CCNC(=NCCCc1nnc(SC)n1C1CCCC1)NCCCOC.I. The molecule has 0 spiro atoms. The smallest absolute Gasteiger partial charge is 0.191 e. The normalized spacial score (nSPS) is 15.0. The van der Waals surface area contributed by atoms with Gasteiger partial charge < -0.3 is 19.9 Å². The molecule has 156 valence electrons. The summed E-state index contributed by atoms with van der Waals surface area (Å²) in [7, 11) is 1.73. The maximum Gasteiger partial charge on any atom is 0.191 e. The van der Waals surface area contributed by atoms with E-state index in [9.17, 15) is 0 Å². The molecule has 0 bridgehead atoms. The van der Waals surface area contributed by atoms with Gasteiger partial charge in [-0.3, -0.25) is 4.99 Å². The Morgan fingerprint density at radius 2 is 2.04 bits per heavy atom. The number of nitrogens with one attached hydrogen (secondary N) is 2. The third kappa shape index (κ3) is 8.15. The minimum absolute atomic E-state index is 0. The standard InChI is InChI=1S/C18H34N6OS.HI/c1-4-19-17(21-13-8-14-25-2)20-12-7-11-16-22-23-18(26-3)24(16)15-9-5-6-10-15;/h15H,4-14H2,1-3H3,(H2,19,20,21);1H. The van der Waals surface area contributed by atoms with Gasteiger partial charge in [0.2, 0.25) is 0 Å². The van der Waals surface area contributed by atoms with E-state index in [0.29, 0.717) is 6.04 Å². The molecular formula is C18H35IN6OS. The highest BCUT2D eigenvalue weighted by Gasteiger charge is 2.23. The summed E-state index contributed by atoms with van der Waals surface area (Å²) in [6.45, 7) is 5.36. The molecule has 27 heavy (non-hydrogen) atoms. The molecule has 1 saturated carbocycles. The first-order valence-electron chi connectivity index (χ1n) is 9.79. The Morgan fingerprint density at radius 3 is 2.70 bits per heavy atom.